The van der Waals surface area contributed by atoms with Crippen molar-refractivity contribution in [3.05, 3.63) is 35.6 Å². The number of carbonyl (C=O) groups excluding carboxylic acids is 1. The Morgan fingerprint density at radius 1 is 1.44 bits per heavy atom. The van der Waals surface area contributed by atoms with E-state index in [1.54, 1.807) is 27.8 Å². The summed E-state index contributed by atoms with van der Waals surface area (Å²) >= 11 is 0. The Hall–Kier alpha value is -1.83. The van der Waals surface area contributed by atoms with Crippen LogP contribution in [0.2, 0.25) is 0 Å². The summed E-state index contributed by atoms with van der Waals surface area (Å²) in [5.41, 5.74) is 4.44. The maximum Gasteiger partial charge on any atom is 0.410 e. The SMILES string of the molecule is CN(CC(O)C1=C2C=CC=CC2NN1CCCO)C(=O)OC(C)(C)C. The Labute approximate surface area is 149 Å². The van der Waals surface area contributed by atoms with Crippen LogP contribution in [0, 0.1) is 0 Å². The quantitative estimate of drug-likeness (QED) is 0.666. The second-order valence-corrected chi connectivity index (χ2v) is 7.30. The van der Waals surface area contributed by atoms with Crippen molar-refractivity contribution in [2.24, 2.45) is 0 Å². The Balaban J connectivity index is 2.11. The predicted molar refractivity (Wildman–Crippen MR) is 95.5 cm³/mol. The molecule has 0 aromatic rings. The van der Waals surface area contributed by atoms with Crippen LogP contribution in [0.4, 0.5) is 4.79 Å². The minimum Gasteiger partial charge on any atom is -0.444 e. The topological polar surface area (TPSA) is 85.3 Å². The van der Waals surface area contributed by atoms with E-state index in [2.05, 4.69) is 5.43 Å². The number of fused-ring (bicyclic) bond motifs is 1. The van der Waals surface area contributed by atoms with Crippen molar-refractivity contribution in [3.8, 4) is 0 Å². The molecule has 1 amide bonds. The first-order valence-corrected chi connectivity index (χ1v) is 8.58. The normalized spacial score (nSPS) is 20.7. The molecule has 7 nitrogen and oxygen atoms in total. The molecule has 1 heterocycles. The van der Waals surface area contributed by atoms with E-state index in [1.807, 2.05) is 29.3 Å². The molecule has 2 atom stereocenters. The molecular weight excluding hydrogens is 322 g/mol. The molecule has 0 saturated carbocycles. The molecule has 7 heteroatoms. The van der Waals surface area contributed by atoms with E-state index >= 15 is 0 Å². The Morgan fingerprint density at radius 3 is 2.80 bits per heavy atom. The van der Waals surface area contributed by atoms with Crippen LogP contribution in [0.1, 0.15) is 27.2 Å². The molecule has 0 aromatic carbocycles. The molecule has 25 heavy (non-hydrogen) atoms. The number of likely N-dealkylation sites (N-methyl/N-ethyl adjacent to an activating group) is 1. The van der Waals surface area contributed by atoms with Gasteiger partial charge in [0.1, 0.15) is 11.7 Å². The number of hydrogen-bond donors (Lipinski definition) is 3. The zero-order valence-corrected chi connectivity index (χ0v) is 15.4. The van der Waals surface area contributed by atoms with Gasteiger partial charge in [0, 0.05) is 20.2 Å². The summed E-state index contributed by atoms with van der Waals surface area (Å²) in [5.74, 6) is 0. The monoisotopic (exact) mass is 351 g/mol. The molecule has 140 valence electrons. The van der Waals surface area contributed by atoms with Crippen molar-refractivity contribution in [3.63, 3.8) is 0 Å². The molecule has 3 N–H and O–H groups in total. The molecule has 0 fully saturated rings. The fourth-order valence-electron chi connectivity index (χ4n) is 2.84. The lowest BCUT2D eigenvalue weighted by Gasteiger charge is -2.29. The van der Waals surface area contributed by atoms with Crippen molar-refractivity contribution < 1.29 is 19.7 Å². The predicted octanol–water partition coefficient (Wildman–Crippen LogP) is 1.17. The van der Waals surface area contributed by atoms with E-state index in [0.717, 1.165) is 11.3 Å². The fourth-order valence-corrected chi connectivity index (χ4v) is 2.84. The zero-order chi connectivity index (χ0) is 18.6. The molecule has 2 unspecified atom stereocenters. The average Bonchev–Trinajstić information content (AvgIpc) is 2.89. The summed E-state index contributed by atoms with van der Waals surface area (Å²) in [5, 5.41) is 21.7. The van der Waals surface area contributed by atoms with Crippen molar-refractivity contribution in [2.45, 2.75) is 44.9 Å². The lowest BCUT2D eigenvalue weighted by atomic mass is 9.99. The van der Waals surface area contributed by atoms with Crippen LogP contribution < -0.4 is 5.43 Å². The average molecular weight is 351 g/mol. The maximum absolute atomic E-state index is 12.1. The number of amides is 1. The minimum absolute atomic E-state index is 0.000163. The van der Waals surface area contributed by atoms with E-state index in [-0.39, 0.29) is 19.2 Å². The number of carbonyl (C=O) groups is 1. The van der Waals surface area contributed by atoms with Gasteiger partial charge in [0.05, 0.1) is 18.3 Å². The molecule has 2 rings (SSSR count). The molecule has 0 radical (unpaired) electrons. The summed E-state index contributed by atoms with van der Waals surface area (Å²) in [6, 6.07) is 0.000163. The van der Waals surface area contributed by atoms with Gasteiger partial charge in [-0.1, -0.05) is 24.3 Å². The van der Waals surface area contributed by atoms with Crippen molar-refractivity contribution in [2.75, 3.05) is 26.7 Å². The van der Waals surface area contributed by atoms with Crippen LogP contribution in [0.25, 0.3) is 0 Å². The number of aliphatic hydroxyl groups excluding tert-OH is 2. The molecular formula is C18H29N3O4. The molecule has 0 aromatic heterocycles. The third-order valence-electron chi connectivity index (χ3n) is 3.91. The van der Waals surface area contributed by atoms with E-state index in [4.69, 9.17) is 9.84 Å². The standard InChI is InChI=1S/C18H29N3O4/c1-18(2,3)25-17(24)20(4)12-15(23)16-13-8-5-6-9-14(13)19-21(16)10-7-11-22/h5-6,8-9,14-15,19,22-23H,7,10-12H2,1-4H3. The van der Waals surface area contributed by atoms with Gasteiger partial charge in [-0.15, -0.1) is 0 Å². The number of nitrogens with one attached hydrogen (secondary N) is 1. The maximum atomic E-state index is 12.1. The molecule has 0 saturated heterocycles. The Bertz CT molecular complexity index is 577. The van der Waals surface area contributed by atoms with Gasteiger partial charge >= 0.3 is 6.09 Å². The van der Waals surface area contributed by atoms with Crippen LogP contribution in [-0.2, 0) is 4.74 Å². The van der Waals surface area contributed by atoms with Gasteiger partial charge < -0.3 is 24.9 Å². The lowest BCUT2D eigenvalue weighted by Crippen LogP contribution is -2.44. The summed E-state index contributed by atoms with van der Waals surface area (Å²) in [7, 11) is 1.61. The third-order valence-corrected chi connectivity index (χ3v) is 3.91. The van der Waals surface area contributed by atoms with Gasteiger partial charge in [0.25, 0.3) is 0 Å². The summed E-state index contributed by atoms with van der Waals surface area (Å²) < 4.78 is 5.33. The third kappa shape index (κ3) is 5.07. The highest BCUT2D eigenvalue weighted by Crippen LogP contribution is 2.28. The number of hydrazine groups is 1. The number of allylic oxidation sites excluding steroid dienone is 2. The number of rotatable bonds is 6. The first kappa shape index (κ1) is 19.5. The van der Waals surface area contributed by atoms with Gasteiger partial charge in [-0.2, -0.15) is 0 Å². The second kappa shape index (κ2) is 8.03. The van der Waals surface area contributed by atoms with E-state index < -0.39 is 17.8 Å². The largest absolute Gasteiger partial charge is 0.444 e. The van der Waals surface area contributed by atoms with Crippen LogP contribution in [0.3, 0.4) is 0 Å². The van der Waals surface area contributed by atoms with Gasteiger partial charge in [0.2, 0.25) is 0 Å². The number of hydrogen-bond acceptors (Lipinski definition) is 6. The molecule has 1 aliphatic carbocycles. The lowest BCUT2D eigenvalue weighted by molar-refractivity contribution is 0.0208. The highest BCUT2D eigenvalue weighted by molar-refractivity contribution is 5.67. The zero-order valence-electron chi connectivity index (χ0n) is 15.4. The number of nitrogens with zero attached hydrogens (tertiary/aromatic N) is 2. The minimum atomic E-state index is -0.861. The van der Waals surface area contributed by atoms with Gasteiger partial charge in [-0.05, 0) is 32.8 Å². The fraction of sp³-hybridized carbons (Fsp3) is 0.611. The van der Waals surface area contributed by atoms with Crippen LogP contribution in [0.5, 0.6) is 0 Å². The highest BCUT2D eigenvalue weighted by atomic mass is 16.6. The number of aliphatic hydroxyl groups is 2. The van der Waals surface area contributed by atoms with Crippen LogP contribution in [-0.4, -0.2) is 70.7 Å². The highest BCUT2D eigenvalue weighted by Gasteiger charge is 2.34. The Kier molecular flexibility index (Phi) is 6.26. The van der Waals surface area contributed by atoms with Crippen LogP contribution in [0.15, 0.2) is 35.6 Å². The van der Waals surface area contributed by atoms with Crippen molar-refractivity contribution >= 4 is 6.09 Å². The van der Waals surface area contributed by atoms with Crippen LogP contribution >= 0.6 is 0 Å². The molecule has 2 aliphatic rings. The molecule has 0 bridgehead atoms. The summed E-state index contributed by atoms with van der Waals surface area (Å²) in [6.45, 7) is 6.18. The molecule has 1 aliphatic heterocycles. The van der Waals surface area contributed by atoms with Gasteiger partial charge in [-0.25, -0.2) is 10.2 Å². The summed E-state index contributed by atoms with van der Waals surface area (Å²) in [4.78, 5) is 13.5. The smallest absolute Gasteiger partial charge is 0.410 e. The van der Waals surface area contributed by atoms with Gasteiger partial charge in [0.15, 0.2) is 0 Å². The molecule has 0 spiro atoms. The first-order valence-electron chi connectivity index (χ1n) is 8.58. The Morgan fingerprint density at radius 2 is 2.16 bits per heavy atom. The van der Waals surface area contributed by atoms with Crippen molar-refractivity contribution in [1.82, 2.24) is 15.3 Å². The van der Waals surface area contributed by atoms with Crippen molar-refractivity contribution in [1.29, 1.82) is 0 Å². The first-order chi connectivity index (χ1) is 11.7. The summed E-state index contributed by atoms with van der Waals surface area (Å²) in [6.07, 6.45) is 7.10. The second-order valence-electron chi connectivity index (χ2n) is 7.30. The van der Waals surface area contributed by atoms with E-state index in [0.29, 0.717) is 13.0 Å². The van der Waals surface area contributed by atoms with E-state index in [9.17, 15) is 9.90 Å². The van der Waals surface area contributed by atoms with Gasteiger partial charge in [-0.3, -0.25) is 0 Å². The van der Waals surface area contributed by atoms with E-state index in [1.165, 1.54) is 4.90 Å². The number of ether oxygens (including phenoxy) is 1.